The number of ketones is 2. The molecule has 0 radical (unpaired) electrons. The van der Waals surface area contributed by atoms with E-state index in [1.165, 1.54) is 24.3 Å². The van der Waals surface area contributed by atoms with Gasteiger partial charge in [-0.2, -0.15) is 13.2 Å². The molecule has 3 rings (SSSR count). The van der Waals surface area contributed by atoms with Crippen LogP contribution in [0.2, 0.25) is 0 Å². The van der Waals surface area contributed by atoms with Gasteiger partial charge in [-0.1, -0.05) is 36.4 Å². The Morgan fingerprint density at radius 2 is 1.25 bits per heavy atom. The minimum Gasteiger partial charge on any atom is -0.289 e. The summed E-state index contributed by atoms with van der Waals surface area (Å²) in [6.07, 6.45) is -4.67. The molecule has 0 saturated carbocycles. The Hall–Kier alpha value is -2.43. The second kappa shape index (κ2) is 4.03. The molecule has 20 heavy (non-hydrogen) atoms. The van der Waals surface area contributed by atoms with Crippen molar-refractivity contribution in [3.8, 4) is 0 Å². The normalized spacial score (nSPS) is 13.9. The molecule has 5 heteroatoms. The highest BCUT2D eigenvalue weighted by Crippen LogP contribution is 2.37. The van der Waals surface area contributed by atoms with E-state index < -0.39 is 28.9 Å². The molecular formula is C15H7F3O2. The zero-order chi connectivity index (χ0) is 14.5. The molecule has 1 aliphatic rings. The molecular weight excluding hydrogens is 269 g/mol. The third kappa shape index (κ3) is 1.66. The summed E-state index contributed by atoms with van der Waals surface area (Å²) in [5.41, 5.74) is -1.65. The third-order valence-electron chi connectivity index (χ3n) is 3.26. The standard InChI is InChI=1S/C15H7F3O2/c16-15(17,18)11-7-3-6-10-12(11)14(20)9-5-2-1-4-8(9)13(10)19/h1-7H. The Kier molecular flexibility index (Phi) is 2.54. The fourth-order valence-corrected chi connectivity index (χ4v) is 2.38. The number of carbonyl (C=O) groups is 2. The first kappa shape index (κ1) is 12.6. The Morgan fingerprint density at radius 1 is 0.700 bits per heavy atom. The Balaban J connectivity index is 2.34. The van der Waals surface area contributed by atoms with Crippen molar-refractivity contribution in [2.24, 2.45) is 0 Å². The summed E-state index contributed by atoms with van der Waals surface area (Å²) in [5.74, 6) is -1.32. The molecule has 1 aliphatic carbocycles. The molecule has 0 unspecified atom stereocenters. The number of carbonyl (C=O) groups excluding carboxylic acids is 2. The van der Waals surface area contributed by atoms with Crippen molar-refractivity contribution in [2.75, 3.05) is 0 Å². The second-order valence-corrected chi connectivity index (χ2v) is 4.43. The van der Waals surface area contributed by atoms with Gasteiger partial charge in [0.05, 0.1) is 5.56 Å². The van der Waals surface area contributed by atoms with Crippen LogP contribution in [0.5, 0.6) is 0 Å². The van der Waals surface area contributed by atoms with Gasteiger partial charge in [0, 0.05) is 22.3 Å². The van der Waals surface area contributed by atoms with Crippen molar-refractivity contribution in [3.05, 3.63) is 70.3 Å². The highest BCUT2D eigenvalue weighted by molar-refractivity contribution is 6.28. The van der Waals surface area contributed by atoms with Crippen LogP contribution in [0.4, 0.5) is 13.2 Å². The number of hydrogen-bond donors (Lipinski definition) is 0. The third-order valence-corrected chi connectivity index (χ3v) is 3.26. The van der Waals surface area contributed by atoms with Gasteiger partial charge < -0.3 is 0 Å². The van der Waals surface area contributed by atoms with Crippen LogP contribution in [0.1, 0.15) is 37.4 Å². The van der Waals surface area contributed by atoms with Gasteiger partial charge >= 0.3 is 6.18 Å². The van der Waals surface area contributed by atoms with Crippen LogP contribution in [0.3, 0.4) is 0 Å². The minimum atomic E-state index is -4.67. The molecule has 100 valence electrons. The van der Waals surface area contributed by atoms with Crippen LogP contribution in [-0.2, 0) is 6.18 Å². The zero-order valence-corrected chi connectivity index (χ0v) is 9.99. The lowest BCUT2D eigenvalue weighted by Gasteiger charge is -2.20. The van der Waals surface area contributed by atoms with E-state index in [0.29, 0.717) is 0 Å². The Bertz CT molecular complexity index is 745. The largest absolute Gasteiger partial charge is 0.417 e. The highest BCUT2D eigenvalue weighted by atomic mass is 19.4. The van der Waals surface area contributed by atoms with E-state index in [1.54, 1.807) is 6.07 Å². The van der Waals surface area contributed by atoms with Crippen molar-refractivity contribution in [2.45, 2.75) is 6.18 Å². The molecule has 2 aromatic carbocycles. The second-order valence-electron chi connectivity index (χ2n) is 4.43. The van der Waals surface area contributed by atoms with Crippen molar-refractivity contribution in [1.29, 1.82) is 0 Å². The summed E-state index contributed by atoms with van der Waals surface area (Å²) >= 11 is 0. The molecule has 0 saturated heterocycles. The van der Waals surface area contributed by atoms with Crippen molar-refractivity contribution in [1.82, 2.24) is 0 Å². The molecule has 0 bridgehead atoms. The molecule has 0 fully saturated rings. The van der Waals surface area contributed by atoms with Crippen LogP contribution in [0, 0.1) is 0 Å². The van der Waals surface area contributed by atoms with Gasteiger partial charge in [-0.05, 0) is 6.07 Å². The number of halogens is 3. The van der Waals surface area contributed by atoms with E-state index in [1.807, 2.05) is 0 Å². The quantitative estimate of drug-likeness (QED) is 0.630. The van der Waals surface area contributed by atoms with Crippen LogP contribution in [-0.4, -0.2) is 11.6 Å². The summed E-state index contributed by atoms with van der Waals surface area (Å²) in [6, 6.07) is 9.11. The number of benzene rings is 2. The van der Waals surface area contributed by atoms with Crippen LogP contribution in [0.25, 0.3) is 0 Å². The Labute approximate surface area is 111 Å². The minimum absolute atomic E-state index is 0.0155. The summed E-state index contributed by atoms with van der Waals surface area (Å²) in [5, 5.41) is 0. The van der Waals surface area contributed by atoms with Crippen molar-refractivity contribution >= 4 is 11.6 Å². The van der Waals surface area contributed by atoms with E-state index in [2.05, 4.69) is 0 Å². The van der Waals surface area contributed by atoms with Gasteiger partial charge in [0.25, 0.3) is 0 Å². The molecule has 0 spiro atoms. The molecule has 0 atom stereocenters. The maximum atomic E-state index is 13.0. The fourth-order valence-electron chi connectivity index (χ4n) is 2.38. The smallest absolute Gasteiger partial charge is 0.289 e. The maximum Gasteiger partial charge on any atom is 0.417 e. The topological polar surface area (TPSA) is 34.1 Å². The molecule has 0 heterocycles. The van der Waals surface area contributed by atoms with E-state index in [4.69, 9.17) is 0 Å². The van der Waals surface area contributed by atoms with Gasteiger partial charge in [0.2, 0.25) is 0 Å². The average molecular weight is 276 g/mol. The Morgan fingerprint density at radius 3 is 1.85 bits per heavy atom. The maximum absolute atomic E-state index is 13.0. The van der Waals surface area contributed by atoms with E-state index in [0.717, 1.165) is 12.1 Å². The lowest BCUT2D eigenvalue weighted by Crippen LogP contribution is -2.25. The van der Waals surface area contributed by atoms with Gasteiger partial charge in [-0.25, -0.2) is 0 Å². The van der Waals surface area contributed by atoms with Crippen molar-refractivity contribution in [3.63, 3.8) is 0 Å². The monoisotopic (exact) mass is 276 g/mol. The van der Waals surface area contributed by atoms with E-state index in [-0.39, 0.29) is 16.7 Å². The number of alkyl halides is 3. The first-order valence-corrected chi connectivity index (χ1v) is 5.80. The van der Waals surface area contributed by atoms with Gasteiger partial charge in [-0.15, -0.1) is 0 Å². The molecule has 0 aromatic heterocycles. The van der Waals surface area contributed by atoms with E-state index in [9.17, 15) is 22.8 Å². The summed E-state index contributed by atoms with van der Waals surface area (Å²) in [6.45, 7) is 0. The lowest BCUT2D eigenvalue weighted by molar-refractivity contribution is -0.137. The van der Waals surface area contributed by atoms with E-state index >= 15 is 0 Å². The zero-order valence-electron chi connectivity index (χ0n) is 9.99. The first-order valence-electron chi connectivity index (χ1n) is 5.80. The molecule has 0 aliphatic heterocycles. The number of rotatable bonds is 0. The predicted molar refractivity (Wildman–Crippen MR) is 64.8 cm³/mol. The molecule has 0 amide bonds. The SMILES string of the molecule is O=C1c2ccccc2C(=O)c2c1cccc2C(F)(F)F. The van der Waals surface area contributed by atoms with Gasteiger partial charge in [0.1, 0.15) is 0 Å². The predicted octanol–water partition coefficient (Wildman–Crippen LogP) is 3.48. The van der Waals surface area contributed by atoms with Crippen LogP contribution in [0.15, 0.2) is 42.5 Å². The van der Waals surface area contributed by atoms with Crippen LogP contribution < -0.4 is 0 Å². The molecule has 2 nitrogen and oxygen atoms in total. The summed E-state index contributed by atoms with van der Waals surface area (Å²) in [7, 11) is 0. The van der Waals surface area contributed by atoms with Crippen LogP contribution >= 0.6 is 0 Å². The fraction of sp³-hybridized carbons (Fsp3) is 0.0667. The molecule has 2 aromatic rings. The highest BCUT2D eigenvalue weighted by Gasteiger charge is 2.40. The summed E-state index contributed by atoms with van der Waals surface area (Å²) < 4.78 is 39.0. The van der Waals surface area contributed by atoms with Gasteiger partial charge in [-0.3, -0.25) is 9.59 Å². The van der Waals surface area contributed by atoms with Crippen molar-refractivity contribution < 1.29 is 22.8 Å². The first-order chi connectivity index (χ1) is 9.41. The average Bonchev–Trinajstić information content (AvgIpc) is 2.43. The lowest BCUT2D eigenvalue weighted by atomic mass is 9.82. The number of hydrogen-bond acceptors (Lipinski definition) is 2. The number of fused-ring (bicyclic) bond motifs is 2. The molecule has 0 N–H and O–H groups in total. The summed E-state index contributed by atoms with van der Waals surface area (Å²) in [4.78, 5) is 24.5. The van der Waals surface area contributed by atoms with Gasteiger partial charge in [0.15, 0.2) is 11.6 Å².